The standard InChI is InChI=1S/C20H23ClN2O5/c1-4-27-18-10-14(9-16(21)20(18)28-13-19(24)26-3)11-22-23-12-15-7-5-6-8-17(15)25-2/h5-11,23H,4,12-13H2,1-3H3/b22-11+. The smallest absolute Gasteiger partial charge is 0.343 e. The molecular weight excluding hydrogens is 384 g/mol. The van der Waals surface area contributed by atoms with Crippen molar-refractivity contribution in [3.63, 3.8) is 0 Å². The van der Waals surface area contributed by atoms with Crippen LogP contribution in [0.25, 0.3) is 0 Å². The molecular formula is C20H23ClN2O5. The molecule has 0 radical (unpaired) electrons. The van der Waals surface area contributed by atoms with Gasteiger partial charge in [-0.2, -0.15) is 5.10 Å². The Balaban J connectivity index is 2.08. The van der Waals surface area contributed by atoms with Crippen LogP contribution in [0.3, 0.4) is 0 Å². The number of para-hydroxylation sites is 1. The Labute approximate surface area is 169 Å². The molecule has 0 atom stereocenters. The number of hydrogen-bond donors (Lipinski definition) is 1. The highest BCUT2D eigenvalue weighted by atomic mass is 35.5. The van der Waals surface area contributed by atoms with E-state index in [1.54, 1.807) is 25.5 Å². The Morgan fingerprint density at radius 2 is 1.96 bits per heavy atom. The van der Waals surface area contributed by atoms with Crippen LogP contribution >= 0.6 is 11.6 Å². The SMILES string of the molecule is CCOc1cc(/C=N/NCc2ccccc2OC)cc(Cl)c1OCC(=O)OC. The number of ether oxygens (including phenoxy) is 4. The van der Waals surface area contributed by atoms with Crippen LogP contribution in [-0.4, -0.2) is 39.6 Å². The van der Waals surface area contributed by atoms with Gasteiger partial charge in [-0.05, 0) is 30.7 Å². The fourth-order valence-corrected chi connectivity index (χ4v) is 2.63. The predicted molar refractivity (Wildman–Crippen MR) is 108 cm³/mol. The minimum Gasteiger partial charge on any atom is -0.496 e. The van der Waals surface area contributed by atoms with E-state index in [-0.39, 0.29) is 12.4 Å². The van der Waals surface area contributed by atoms with Crippen molar-refractivity contribution in [2.45, 2.75) is 13.5 Å². The average Bonchev–Trinajstić information content (AvgIpc) is 2.70. The fraction of sp³-hybridized carbons (Fsp3) is 0.300. The zero-order valence-corrected chi connectivity index (χ0v) is 16.8. The van der Waals surface area contributed by atoms with Gasteiger partial charge >= 0.3 is 5.97 Å². The van der Waals surface area contributed by atoms with Crippen LogP contribution in [0.5, 0.6) is 17.2 Å². The first-order valence-corrected chi connectivity index (χ1v) is 9.00. The lowest BCUT2D eigenvalue weighted by Crippen LogP contribution is -2.13. The first-order valence-electron chi connectivity index (χ1n) is 8.62. The molecule has 0 aliphatic rings. The molecule has 0 heterocycles. The maximum atomic E-state index is 11.3. The molecule has 8 heteroatoms. The van der Waals surface area contributed by atoms with Gasteiger partial charge in [0.25, 0.3) is 0 Å². The summed E-state index contributed by atoms with van der Waals surface area (Å²) in [5.74, 6) is 0.988. The molecule has 28 heavy (non-hydrogen) atoms. The molecule has 0 saturated carbocycles. The summed E-state index contributed by atoms with van der Waals surface area (Å²) >= 11 is 6.29. The van der Waals surface area contributed by atoms with Gasteiger partial charge in [-0.1, -0.05) is 29.8 Å². The van der Waals surface area contributed by atoms with E-state index in [2.05, 4.69) is 15.3 Å². The number of halogens is 1. The molecule has 150 valence electrons. The molecule has 0 aliphatic heterocycles. The fourth-order valence-electron chi connectivity index (χ4n) is 2.36. The average molecular weight is 407 g/mol. The maximum Gasteiger partial charge on any atom is 0.343 e. The van der Waals surface area contributed by atoms with Crippen LogP contribution in [0, 0.1) is 0 Å². The van der Waals surface area contributed by atoms with E-state index in [9.17, 15) is 4.79 Å². The van der Waals surface area contributed by atoms with Crippen molar-refractivity contribution in [1.29, 1.82) is 0 Å². The number of carbonyl (C=O) groups is 1. The van der Waals surface area contributed by atoms with Gasteiger partial charge in [0.15, 0.2) is 18.1 Å². The second kappa shape index (κ2) is 11.0. The Kier molecular flexibility index (Phi) is 8.42. The van der Waals surface area contributed by atoms with Crippen LogP contribution < -0.4 is 19.6 Å². The van der Waals surface area contributed by atoms with Crippen molar-refractivity contribution in [2.75, 3.05) is 27.4 Å². The van der Waals surface area contributed by atoms with Crippen molar-refractivity contribution < 1.29 is 23.7 Å². The number of nitrogens with one attached hydrogen (secondary N) is 1. The lowest BCUT2D eigenvalue weighted by molar-refractivity contribution is -0.142. The Morgan fingerprint density at radius 3 is 2.68 bits per heavy atom. The van der Waals surface area contributed by atoms with Gasteiger partial charge in [0.1, 0.15) is 5.75 Å². The molecule has 0 amide bonds. The first-order chi connectivity index (χ1) is 13.6. The van der Waals surface area contributed by atoms with Crippen LogP contribution in [-0.2, 0) is 16.1 Å². The lowest BCUT2D eigenvalue weighted by Gasteiger charge is -2.13. The highest BCUT2D eigenvalue weighted by molar-refractivity contribution is 6.32. The summed E-state index contributed by atoms with van der Waals surface area (Å²) in [6.45, 7) is 2.50. The molecule has 7 nitrogen and oxygen atoms in total. The molecule has 0 spiro atoms. The minimum absolute atomic E-state index is 0.260. The third kappa shape index (κ3) is 6.06. The largest absolute Gasteiger partial charge is 0.496 e. The van der Waals surface area contributed by atoms with Crippen LogP contribution in [0.15, 0.2) is 41.5 Å². The monoisotopic (exact) mass is 406 g/mol. The van der Waals surface area contributed by atoms with Crippen molar-refractivity contribution in [3.8, 4) is 17.2 Å². The summed E-state index contributed by atoms with van der Waals surface area (Å²) in [7, 11) is 2.91. The van der Waals surface area contributed by atoms with Gasteiger partial charge in [-0.25, -0.2) is 4.79 Å². The molecule has 1 N–H and O–H groups in total. The summed E-state index contributed by atoms with van der Waals surface area (Å²) in [6, 6.07) is 11.1. The normalized spacial score (nSPS) is 10.6. The molecule has 2 aromatic carbocycles. The van der Waals surface area contributed by atoms with Gasteiger partial charge in [0.2, 0.25) is 0 Å². The Bertz CT molecular complexity index is 826. The molecule has 0 aliphatic carbocycles. The lowest BCUT2D eigenvalue weighted by atomic mass is 10.2. The van der Waals surface area contributed by atoms with Gasteiger partial charge < -0.3 is 24.4 Å². The summed E-state index contributed by atoms with van der Waals surface area (Å²) in [5, 5.41) is 4.52. The Morgan fingerprint density at radius 1 is 1.18 bits per heavy atom. The molecule has 0 bridgehead atoms. The van der Waals surface area contributed by atoms with E-state index in [4.69, 9.17) is 25.8 Å². The Hall–Kier alpha value is -2.93. The highest BCUT2D eigenvalue weighted by Crippen LogP contribution is 2.36. The van der Waals surface area contributed by atoms with Crippen molar-refractivity contribution in [1.82, 2.24) is 5.43 Å². The third-order valence-electron chi connectivity index (χ3n) is 3.66. The second-order valence-corrected chi connectivity index (χ2v) is 5.94. The number of nitrogens with zero attached hydrogens (tertiary/aromatic N) is 1. The van der Waals surface area contributed by atoms with Crippen molar-refractivity contribution in [2.24, 2.45) is 5.10 Å². The van der Waals surface area contributed by atoms with E-state index in [0.717, 1.165) is 11.3 Å². The number of benzene rings is 2. The summed E-state index contributed by atoms with van der Waals surface area (Å²) in [4.78, 5) is 11.3. The number of carbonyl (C=O) groups excluding carboxylic acids is 1. The van der Waals surface area contributed by atoms with Gasteiger partial charge in [-0.3, -0.25) is 0 Å². The van der Waals surface area contributed by atoms with E-state index in [0.29, 0.717) is 29.5 Å². The summed E-state index contributed by atoms with van der Waals surface area (Å²) < 4.78 is 20.9. The number of hydrogen-bond acceptors (Lipinski definition) is 7. The molecule has 0 saturated heterocycles. The summed E-state index contributed by atoms with van der Waals surface area (Å²) in [5.41, 5.74) is 4.67. The number of hydrazone groups is 1. The third-order valence-corrected chi connectivity index (χ3v) is 3.94. The topological polar surface area (TPSA) is 78.4 Å². The molecule has 0 unspecified atom stereocenters. The van der Waals surface area contributed by atoms with Gasteiger partial charge in [0, 0.05) is 5.56 Å². The highest BCUT2D eigenvalue weighted by Gasteiger charge is 2.14. The van der Waals surface area contributed by atoms with Crippen molar-refractivity contribution in [3.05, 3.63) is 52.5 Å². The summed E-state index contributed by atoms with van der Waals surface area (Å²) in [6.07, 6.45) is 1.62. The van der Waals surface area contributed by atoms with E-state index in [1.807, 2.05) is 31.2 Å². The zero-order valence-electron chi connectivity index (χ0n) is 16.0. The van der Waals surface area contributed by atoms with Crippen molar-refractivity contribution >= 4 is 23.8 Å². The van der Waals surface area contributed by atoms with E-state index >= 15 is 0 Å². The molecule has 0 fully saturated rings. The predicted octanol–water partition coefficient (Wildman–Crippen LogP) is 3.42. The van der Waals surface area contributed by atoms with E-state index in [1.165, 1.54) is 7.11 Å². The second-order valence-electron chi connectivity index (χ2n) is 5.53. The number of methoxy groups -OCH3 is 2. The number of rotatable bonds is 10. The maximum absolute atomic E-state index is 11.3. The van der Waals surface area contributed by atoms with Gasteiger partial charge in [0.05, 0.1) is 38.6 Å². The van der Waals surface area contributed by atoms with Crippen LogP contribution in [0.2, 0.25) is 5.02 Å². The molecule has 0 aromatic heterocycles. The van der Waals surface area contributed by atoms with E-state index < -0.39 is 5.97 Å². The quantitative estimate of drug-likeness (QED) is 0.370. The van der Waals surface area contributed by atoms with Crippen LogP contribution in [0.1, 0.15) is 18.1 Å². The number of esters is 1. The molecule has 2 rings (SSSR count). The first kappa shape index (κ1) is 21.4. The van der Waals surface area contributed by atoms with Gasteiger partial charge in [-0.15, -0.1) is 0 Å². The minimum atomic E-state index is -0.510. The zero-order chi connectivity index (χ0) is 20.4. The molecule has 2 aromatic rings. The van der Waals surface area contributed by atoms with Crippen LogP contribution in [0.4, 0.5) is 0 Å².